The average molecular weight is 356 g/mol. The lowest BCUT2D eigenvalue weighted by atomic mass is 10.1. The molecule has 0 spiro atoms. The summed E-state index contributed by atoms with van der Waals surface area (Å²) in [5.41, 5.74) is 2.27. The maximum absolute atomic E-state index is 12.7. The molecule has 0 fully saturated rings. The van der Waals surface area contributed by atoms with E-state index in [2.05, 4.69) is 5.32 Å². The molecule has 0 bridgehead atoms. The summed E-state index contributed by atoms with van der Waals surface area (Å²) >= 11 is 0. The van der Waals surface area contributed by atoms with Gasteiger partial charge in [0.15, 0.2) is 0 Å². The van der Waals surface area contributed by atoms with Gasteiger partial charge in [-0.05, 0) is 44.4 Å². The van der Waals surface area contributed by atoms with Crippen LogP contribution in [0, 0.1) is 13.8 Å². The SMILES string of the molecule is CCC[C@@H](C)NC(=O)CN(c1cc(C)ccc1C)S(=O)(=O)N(C)C. The van der Waals surface area contributed by atoms with Gasteiger partial charge in [-0.15, -0.1) is 0 Å². The van der Waals surface area contributed by atoms with Gasteiger partial charge in [-0.3, -0.25) is 4.79 Å². The zero-order valence-corrected chi connectivity index (χ0v) is 16.3. The van der Waals surface area contributed by atoms with E-state index in [1.807, 2.05) is 39.8 Å². The smallest absolute Gasteiger partial charge is 0.304 e. The number of nitrogens with zero attached hydrogens (tertiary/aromatic N) is 2. The molecule has 7 heteroatoms. The van der Waals surface area contributed by atoms with Crippen LogP contribution in [-0.4, -0.2) is 45.3 Å². The van der Waals surface area contributed by atoms with Crippen LogP contribution in [0.25, 0.3) is 0 Å². The molecule has 1 amide bonds. The van der Waals surface area contributed by atoms with Gasteiger partial charge in [-0.1, -0.05) is 25.5 Å². The standard InChI is InChI=1S/C17H29N3O3S/c1-7-8-15(4)18-17(21)12-20(24(22,23)19(5)6)16-11-13(2)9-10-14(16)3/h9-11,15H,7-8,12H2,1-6H3,(H,18,21)/t15-/m1/s1. The minimum Gasteiger partial charge on any atom is -0.352 e. The zero-order valence-electron chi connectivity index (χ0n) is 15.5. The molecule has 1 aromatic carbocycles. The first-order valence-corrected chi connectivity index (χ1v) is 9.56. The zero-order chi connectivity index (χ0) is 18.5. The molecule has 1 atom stereocenters. The van der Waals surface area contributed by atoms with Crippen molar-refractivity contribution in [3.63, 3.8) is 0 Å². The van der Waals surface area contributed by atoms with Crippen molar-refractivity contribution in [2.45, 2.75) is 46.6 Å². The Morgan fingerprint density at radius 3 is 2.42 bits per heavy atom. The first-order chi connectivity index (χ1) is 11.1. The number of aryl methyl sites for hydroxylation is 2. The largest absolute Gasteiger partial charge is 0.352 e. The van der Waals surface area contributed by atoms with Gasteiger partial charge in [0.25, 0.3) is 0 Å². The predicted molar refractivity (Wildman–Crippen MR) is 98.4 cm³/mol. The number of nitrogens with one attached hydrogen (secondary N) is 1. The molecule has 0 aromatic heterocycles. The minimum atomic E-state index is -3.77. The Bertz CT molecular complexity index is 672. The molecule has 0 aliphatic heterocycles. The Kier molecular flexibility index (Phi) is 7.23. The Balaban J connectivity index is 3.17. The minimum absolute atomic E-state index is 0.0185. The van der Waals surface area contributed by atoms with E-state index in [1.54, 1.807) is 6.07 Å². The summed E-state index contributed by atoms with van der Waals surface area (Å²) in [6.45, 7) is 7.46. The Morgan fingerprint density at radius 1 is 1.25 bits per heavy atom. The van der Waals surface area contributed by atoms with E-state index in [0.717, 1.165) is 28.3 Å². The summed E-state index contributed by atoms with van der Waals surface area (Å²) in [5.74, 6) is -0.303. The number of hydrogen-bond donors (Lipinski definition) is 1. The number of benzene rings is 1. The summed E-state index contributed by atoms with van der Waals surface area (Å²) in [7, 11) is -0.842. The maximum Gasteiger partial charge on any atom is 0.304 e. The van der Waals surface area contributed by atoms with Crippen molar-refractivity contribution < 1.29 is 13.2 Å². The number of carbonyl (C=O) groups excluding carboxylic acids is 1. The van der Waals surface area contributed by atoms with Gasteiger partial charge in [-0.2, -0.15) is 12.7 Å². The number of carbonyl (C=O) groups is 1. The first-order valence-electron chi connectivity index (χ1n) is 8.16. The second-order valence-electron chi connectivity index (χ2n) is 6.34. The molecule has 1 rings (SSSR count). The molecule has 0 aliphatic rings. The summed E-state index contributed by atoms with van der Waals surface area (Å²) in [6.07, 6.45) is 1.81. The highest BCUT2D eigenvalue weighted by molar-refractivity contribution is 7.90. The molecule has 0 saturated heterocycles. The van der Waals surface area contributed by atoms with Crippen LogP contribution in [0.3, 0.4) is 0 Å². The van der Waals surface area contributed by atoms with Crippen LogP contribution >= 0.6 is 0 Å². The van der Waals surface area contributed by atoms with Gasteiger partial charge in [0.1, 0.15) is 6.54 Å². The van der Waals surface area contributed by atoms with Crippen molar-refractivity contribution in [2.24, 2.45) is 0 Å². The van der Waals surface area contributed by atoms with Crippen molar-refractivity contribution in [2.75, 3.05) is 24.9 Å². The monoisotopic (exact) mass is 355 g/mol. The molecular weight excluding hydrogens is 326 g/mol. The third-order valence-corrected chi connectivity index (χ3v) is 5.60. The quantitative estimate of drug-likeness (QED) is 0.777. The molecule has 0 aliphatic carbocycles. The predicted octanol–water partition coefficient (Wildman–Crippen LogP) is 2.22. The van der Waals surface area contributed by atoms with Crippen LogP contribution in [0.1, 0.15) is 37.8 Å². The van der Waals surface area contributed by atoms with Crippen molar-refractivity contribution in [3.8, 4) is 0 Å². The third kappa shape index (κ3) is 5.21. The first kappa shape index (κ1) is 20.4. The molecule has 0 saturated carbocycles. The molecule has 1 N–H and O–H groups in total. The van der Waals surface area contributed by atoms with Gasteiger partial charge in [0.05, 0.1) is 5.69 Å². The Labute approximate surface area is 146 Å². The van der Waals surface area contributed by atoms with Crippen LogP contribution in [-0.2, 0) is 15.0 Å². The van der Waals surface area contributed by atoms with Crippen molar-refractivity contribution >= 4 is 21.8 Å². The van der Waals surface area contributed by atoms with Crippen molar-refractivity contribution in [1.82, 2.24) is 9.62 Å². The van der Waals surface area contributed by atoms with E-state index in [-0.39, 0.29) is 18.5 Å². The molecular formula is C17H29N3O3S. The molecule has 0 heterocycles. The van der Waals surface area contributed by atoms with Gasteiger partial charge >= 0.3 is 10.2 Å². The van der Waals surface area contributed by atoms with E-state index in [0.29, 0.717) is 5.69 Å². The number of rotatable bonds is 8. The summed E-state index contributed by atoms with van der Waals surface area (Å²) in [6, 6.07) is 5.59. The summed E-state index contributed by atoms with van der Waals surface area (Å²) in [4.78, 5) is 12.3. The van der Waals surface area contributed by atoms with Gasteiger partial charge in [-0.25, -0.2) is 4.31 Å². The normalized spacial score (nSPS) is 13.0. The van der Waals surface area contributed by atoms with Crippen LogP contribution < -0.4 is 9.62 Å². The average Bonchev–Trinajstić information content (AvgIpc) is 2.47. The van der Waals surface area contributed by atoms with Crippen LogP contribution in [0.15, 0.2) is 18.2 Å². The van der Waals surface area contributed by atoms with E-state index >= 15 is 0 Å². The number of amides is 1. The van der Waals surface area contributed by atoms with E-state index in [1.165, 1.54) is 18.4 Å². The molecule has 0 radical (unpaired) electrons. The lowest BCUT2D eigenvalue weighted by molar-refractivity contribution is -0.120. The number of anilines is 1. The second-order valence-corrected chi connectivity index (χ2v) is 8.41. The Hall–Kier alpha value is -1.60. The lowest BCUT2D eigenvalue weighted by Gasteiger charge is -2.29. The summed E-state index contributed by atoms with van der Waals surface area (Å²) in [5, 5.41) is 2.86. The topological polar surface area (TPSA) is 69.7 Å². The fourth-order valence-electron chi connectivity index (χ4n) is 2.43. The highest BCUT2D eigenvalue weighted by Crippen LogP contribution is 2.25. The lowest BCUT2D eigenvalue weighted by Crippen LogP contribution is -2.47. The molecule has 6 nitrogen and oxygen atoms in total. The molecule has 0 unspecified atom stereocenters. The van der Waals surface area contributed by atoms with E-state index in [9.17, 15) is 13.2 Å². The highest BCUT2D eigenvalue weighted by Gasteiger charge is 2.28. The van der Waals surface area contributed by atoms with Crippen LogP contribution in [0.4, 0.5) is 5.69 Å². The van der Waals surface area contributed by atoms with Gasteiger partial charge in [0.2, 0.25) is 5.91 Å². The maximum atomic E-state index is 12.7. The highest BCUT2D eigenvalue weighted by atomic mass is 32.2. The molecule has 1 aromatic rings. The van der Waals surface area contributed by atoms with Crippen LogP contribution in [0.2, 0.25) is 0 Å². The van der Waals surface area contributed by atoms with Crippen molar-refractivity contribution in [3.05, 3.63) is 29.3 Å². The van der Waals surface area contributed by atoms with Crippen molar-refractivity contribution in [1.29, 1.82) is 0 Å². The Morgan fingerprint density at radius 2 is 1.88 bits per heavy atom. The fraction of sp³-hybridized carbons (Fsp3) is 0.588. The summed E-state index contributed by atoms with van der Waals surface area (Å²) < 4.78 is 27.7. The third-order valence-electron chi connectivity index (χ3n) is 3.79. The van der Waals surface area contributed by atoms with E-state index in [4.69, 9.17) is 0 Å². The second kappa shape index (κ2) is 8.48. The van der Waals surface area contributed by atoms with E-state index < -0.39 is 10.2 Å². The van der Waals surface area contributed by atoms with Gasteiger partial charge in [0, 0.05) is 20.1 Å². The molecule has 136 valence electrons. The number of hydrogen-bond acceptors (Lipinski definition) is 3. The fourth-order valence-corrected chi connectivity index (χ4v) is 3.55. The van der Waals surface area contributed by atoms with Crippen LogP contribution in [0.5, 0.6) is 0 Å². The molecule has 24 heavy (non-hydrogen) atoms. The van der Waals surface area contributed by atoms with Gasteiger partial charge < -0.3 is 5.32 Å².